The summed E-state index contributed by atoms with van der Waals surface area (Å²) in [5, 5.41) is 4.98. The van der Waals surface area contributed by atoms with Crippen molar-refractivity contribution >= 4 is 11.3 Å². The first-order valence-electron chi connectivity index (χ1n) is 8.28. The van der Waals surface area contributed by atoms with Crippen molar-refractivity contribution in [2.45, 2.75) is 64.8 Å². The van der Waals surface area contributed by atoms with Crippen LogP contribution in [-0.4, -0.2) is 25.2 Å². The molecule has 3 nitrogen and oxygen atoms in total. The standard InChI is InChI=1S/C17H30N2OS/c1-13(2)9-10-17(3,18-11-12-20-4)16-19-14-7-5-6-8-15(14)21-16/h13,18H,5-12H2,1-4H3. The smallest absolute Gasteiger partial charge is 0.113 e. The minimum Gasteiger partial charge on any atom is -0.383 e. The number of thiazole rings is 1. The molecule has 1 heterocycles. The first-order valence-corrected chi connectivity index (χ1v) is 9.10. The molecule has 0 fully saturated rings. The van der Waals surface area contributed by atoms with Gasteiger partial charge in [-0.05, 0) is 51.4 Å². The van der Waals surface area contributed by atoms with Crippen LogP contribution >= 0.6 is 11.3 Å². The molecule has 0 saturated heterocycles. The highest BCUT2D eigenvalue weighted by Gasteiger charge is 2.31. The molecule has 0 aliphatic heterocycles. The molecule has 1 aromatic rings. The van der Waals surface area contributed by atoms with Gasteiger partial charge < -0.3 is 10.1 Å². The summed E-state index contributed by atoms with van der Waals surface area (Å²) in [6.45, 7) is 8.54. The summed E-state index contributed by atoms with van der Waals surface area (Å²) in [5.41, 5.74) is 1.36. The first kappa shape index (κ1) is 16.9. The van der Waals surface area contributed by atoms with Crippen molar-refractivity contribution in [3.63, 3.8) is 0 Å². The molecule has 1 N–H and O–H groups in total. The van der Waals surface area contributed by atoms with Crippen LogP contribution in [0, 0.1) is 5.92 Å². The lowest BCUT2D eigenvalue weighted by Crippen LogP contribution is -2.41. The zero-order valence-corrected chi connectivity index (χ0v) is 14.8. The van der Waals surface area contributed by atoms with Gasteiger partial charge in [0.05, 0.1) is 17.8 Å². The highest BCUT2D eigenvalue weighted by atomic mass is 32.1. The van der Waals surface area contributed by atoms with E-state index in [0.717, 1.165) is 25.5 Å². The second-order valence-electron chi connectivity index (χ2n) is 6.78. The fourth-order valence-electron chi connectivity index (χ4n) is 2.87. The number of hydrogen-bond acceptors (Lipinski definition) is 4. The first-order chi connectivity index (χ1) is 10.0. The van der Waals surface area contributed by atoms with Gasteiger partial charge in [-0.3, -0.25) is 0 Å². The second-order valence-corrected chi connectivity index (χ2v) is 7.86. The molecule has 0 spiro atoms. The average molecular weight is 311 g/mol. The third-order valence-electron chi connectivity index (χ3n) is 4.36. The fourth-order valence-corrected chi connectivity index (χ4v) is 4.17. The van der Waals surface area contributed by atoms with Gasteiger partial charge >= 0.3 is 0 Å². The van der Waals surface area contributed by atoms with Crippen LogP contribution in [0.2, 0.25) is 0 Å². The Kier molecular flexibility index (Phi) is 6.20. The predicted octanol–water partition coefficient (Wildman–Crippen LogP) is 3.91. The van der Waals surface area contributed by atoms with Gasteiger partial charge in [0.2, 0.25) is 0 Å². The number of methoxy groups -OCH3 is 1. The SMILES string of the molecule is COCCNC(C)(CCC(C)C)c1nc2c(s1)CCCC2. The van der Waals surface area contributed by atoms with Gasteiger partial charge in [0.25, 0.3) is 0 Å². The van der Waals surface area contributed by atoms with Crippen molar-refractivity contribution in [1.82, 2.24) is 10.3 Å². The molecule has 4 heteroatoms. The minimum atomic E-state index is -0.00912. The number of aryl methyl sites for hydroxylation is 2. The van der Waals surface area contributed by atoms with Crippen molar-refractivity contribution in [1.29, 1.82) is 0 Å². The molecule has 1 aliphatic carbocycles. The lowest BCUT2D eigenvalue weighted by atomic mass is 9.92. The normalized spacial score (nSPS) is 17.8. The van der Waals surface area contributed by atoms with E-state index in [9.17, 15) is 0 Å². The summed E-state index contributed by atoms with van der Waals surface area (Å²) >= 11 is 1.94. The third-order valence-corrected chi connectivity index (χ3v) is 5.78. The van der Waals surface area contributed by atoms with Crippen molar-refractivity contribution in [3.05, 3.63) is 15.6 Å². The molecule has 1 unspecified atom stereocenters. The molecule has 2 rings (SSSR count). The van der Waals surface area contributed by atoms with Crippen LogP contribution in [-0.2, 0) is 23.1 Å². The topological polar surface area (TPSA) is 34.1 Å². The molecule has 1 aliphatic rings. The van der Waals surface area contributed by atoms with E-state index in [1.165, 1.54) is 47.7 Å². The maximum absolute atomic E-state index is 5.20. The monoisotopic (exact) mass is 310 g/mol. The van der Waals surface area contributed by atoms with Crippen LogP contribution in [0.25, 0.3) is 0 Å². The Morgan fingerprint density at radius 3 is 2.76 bits per heavy atom. The van der Waals surface area contributed by atoms with Crippen molar-refractivity contribution in [2.75, 3.05) is 20.3 Å². The third kappa shape index (κ3) is 4.51. The van der Waals surface area contributed by atoms with Gasteiger partial charge in [0.15, 0.2) is 0 Å². The number of ether oxygens (including phenoxy) is 1. The Labute approximate surface area is 133 Å². The Morgan fingerprint density at radius 1 is 1.33 bits per heavy atom. The zero-order chi connectivity index (χ0) is 15.3. The highest BCUT2D eigenvalue weighted by molar-refractivity contribution is 7.11. The number of aromatic nitrogens is 1. The molecular formula is C17H30N2OS. The van der Waals surface area contributed by atoms with Crippen molar-refractivity contribution in [2.24, 2.45) is 5.92 Å². The Hall–Kier alpha value is -0.450. The van der Waals surface area contributed by atoms with Gasteiger partial charge in [-0.15, -0.1) is 11.3 Å². The van der Waals surface area contributed by atoms with Crippen LogP contribution in [0.1, 0.15) is 62.0 Å². The fraction of sp³-hybridized carbons (Fsp3) is 0.824. The predicted molar refractivity (Wildman–Crippen MR) is 90.1 cm³/mol. The van der Waals surface area contributed by atoms with E-state index < -0.39 is 0 Å². The Balaban J connectivity index is 2.14. The molecule has 0 aromatic carbocycles. The minimum absolute atomic E-state index is 0.00912. The summed E-state index contributed by atoms with van der Waals surface area (Å²) in [6, 6.07) is 0. The molecule has 1 aromatic heterocycles. The molecule has 21 heavy (non-hydrogen) atoms. The van der Waals surface area contributed by atoms with Crippen LogP contribution in [0.3, 0.4) is 0 Å². The van der Waals surface area contributed by atoms with Gasteiger partial charge in [-0.25, -0.2) is 4.98 Å². The zero-order valence-electron chi connectivity index (χ0n) is 14.0. The van der Waals surface area contributed by atoms with Crippen molar-refractivity contribution < 1.29 is 4.74 Å². The van der Waals surface area contributed by atoms with Gasteiger partial charge in [-0.2, -0.15) is 0 Å². The number of rotatable bonds is 8. The van der Waals surface area contributed by atoms with E-state index in [0.29, 0.717) is 0 Å². The van der Waals surface area contributed by atoms with E-state index in [1.54, 1.807) is 7.11 Å². The van der Waals surface area contributed by atoms with E-state index in [-0.39, 0.29) is 5.54 Å². The summed E-state index contributed by atoms with van der Waals surface area (Å²) in [4.78, 5) is 6.52. The van der Waals surface area contributed by atoms with E-state index in [4.69, 9.17) is 9.72 Å². The van der Waals surface area contributed by atoms with Crippen LogP contribution < -0.4 is 5.32 Å². The van der Waals surface area contributed by atoms with Gasteiger partial charge in [0.1, 0.15) is 5.01 Å². The highest BCUT2D eigenvalue weighted by Crippen LogP contribution is 2.35. The lowest BCUT2D eigenvalue weighted by molar-refractivity contribution is 0.182. The lowest BCUT2D eigenvalue weighted by Gasteiger charge is -2.30. The quantitative estimate of drug-likeness (QED) is 0.739. The number of fused-ring (bicyclic) bond motifs is 1. The number of nitrogens with one attached hydrogen (secondary N) is 1. The molecule has 0 radical (unpaired) electrons. The molecule has 0 amide bonds. The van der Waals surface area contributed by atoms with Gasteiger partial charge in [0, 0.05) is 18.5 Å². The molecule has 0 saturated carbocycles. The van der Waals surface area contributed by atoms with Crippen LogP contribution in [0.15, 0.2) is 0 Å². The van der Waals surface area contributed by atoms with E-state index in [2.05, 4.69) is 26.1 Å². The summed E-state index contributed by atoms with van der Waals surface area (Å²) in [5.74, 6) is 0.725. The molecular weight excluding hydrogens is 280 g/mol. The maximum atomic E-state index is 5.20. The van der Waals surface area contributed by atoms with Crippen LogP contribution in [0.5, 0.6) is 0 Å². The summed E-state index contributed by atoms with van der Waals surface area (Å²) in [7, 11) is 1.76. The molecule has 120 valence electrons. The molecule has 0 bridgehead atoms. The van der Waals surface area contributed by atoms with Gasteiger partial charge in [-0.1, -0.05) is 13.8 Å². The van der Waals surface area contributed by atoms with Crippen LogP contribution in [0.4, 0.5) is 0 Å². The Morgan fingerprint density at radius 2 is 2.10 bits per heavy atom. The second kappa shape index (κ2) is 7.70. The number of nitrogens with zero attached hydrogens (tertiary/aromatic N) is 1. The summed E-state index contributed by atoms with van der Waals surface area (Å²) in [6.07, 6.45) is 7.39. The largest absolute Gasteiger partial charge is 0.383 e. The van der Waals surface area contributed by atoms with Crippen molar-refractivity contribution in [3.8, 4) is 0 Å². The average Bonchev–Trinajstić information content (AvgIpc) is 2.90. The molecule has 1 atom stereocenters. The summed E-state index contributed by atoms with van der Waals surface area (Å²) < 4.78 is 5.20. The van der Waals surface area contributed by atoms with E-state index in [1.807, 2.05) is 11.3 Å². The van der Waals surface area contributed by atoms with E-state index >= 15 is 0 Å². The number of hydrogen-bond donors (Lipinski definition) is 1. The Bertz CT molecular complexity index is 420. The maximum Gasteiger partial charge on any atom is 0.113 e.